The Kier molecular flexibility index (Phi) is 3.43. The number of para-hydroxylation sites is 1. The van der Waals surface area contributed by atoms with E-state index >= 15 is 0 Å². The zero-order valence-electron chi connectivity index (χ0n) is 8.54. The van der Waals surface area contributed by atoms with Gasteiger partial charge in [-0.05, 0) is 12.1 Å². The molecule has 0 aliphatic carbocycles. The van der Waals surface area contributed by atoms with Gasteiger partial charge in [0, 0.05) is 12.1 Å². The monoisotopic (exact) mass is 273 g/mol. The predicted molar refractivity (Wildman–Crippen MR) is 51.1 cm³/mol. The molecule has 2 aromatic rings. The fraction of sp³-hybridized carbons (Fsp3) is 0.100. The summed E-state index contributed by atoms with van der Waals surface area (Å²) in [6.45, 7) is 1.04. The smallest absolute Gasteiger partial charge is 0.222 e. The number of hydrogen-bond donors (Lipinski definition) is 0. The van der Waals surface area contributed by atoms with E-state index in [9.17, 15) is 0 Å². The molecule has 0 amide bonds. The van der Waals surface area contributed by atoms with Crippen LogP contribution in [0.25, 0.3) is 16.3 Å². The number of allylic oxidation sites excluding steroid dienone is 1. The molecule has 0 saturated heterocycles. The molecule has 1 aliphatic heterocycles. The average Bonchev–Trinajstić information content (AvgIpc) is 2.73. The molecule has 17 heavy (non-hydrogen) atoms. The summed E-state index contributed by atoms with van der Waals surface area (Å²) in [5, 5.41) is 1.37. The quantitative estimate of drug-likeness (QED) is 0.494. The fourth-order valence-electron chi connectivity index (χ4n) is 1.62. The highest BCUT2D eigenvalue weighted by atomic mass is 35.7. The van der Waals surface area contributed by atoms with Gasteiger partial charge in [0.2, 0.25) is 5.52 Å². The van der Waals surface area contributed by atoms with Gasteiger partial charge in [-0.2, -0.15) is 4.57 Å². The van der Waals surface area contributed by atoms with Crippen LogP contribution in [-0.4, -0.2) is 0 Å². The Morgan fingerprint density at radius 2 is 1.76 bits per heavy atom. The molecule has 1 aromatic carbocycles. The van der Waals surface area contributed by atoms with Gasteiger partial charge in [0.25, 0.3) is 5.01 Å². The van der Waals surface area contributed by atoms with Crippen LogP contribution in [0.2, 0.25) is 0 Å². The highest BCUT2D eigenvalue weighted by Crippen LogP contribution is 2.22. The third-order valence-electron chi connectivity index (χ3n) is 2.19. The fourth-order valence-corrected chi connectivity index (χ4v) is 2.73. The minimum atomic E-state index is -4.94. The number of halogens is 1. The van der Waals surface area contributed by atoms with Crippen molar-refractivity contribution in [3.05, 3.63) is 35.3 Å². The zero-order valence-corrected chi connectivity index (χ0v) is 10.1. The van der Waals surface area contributed by atoms with E-state index in [4.69, 9.17) is 18.6 Å². The van der Waals surface area contributed by atoms with Gasteiger partial charge < -0.3 is 0 Å². The molecule has 1 aliphatic rings. The first-order chi connectivity index (χ1) is 7.95. The Morgan fingerprint density at radius 1 is 1.12 bits per heavy atom. The number of benzene rings is 1. The Hall–Kier alpha value is -1.02. The third kappa shape index (κ3) is 3.22. The lowest BCUT2D eigenvalue weighted by molar-refractivity contribution is -2.00. The van der Waals surface area contributed by atoms with Gasteiger partial charge in [0.1, 0.15) is 4.70 Å². The van der Waals surface area contributed by atoms with Crippen LogP contribution in [0.4, 0.5) is 0 Å². The molecule has 0 bridgehead atoms. The van der Waals surface area contributed by atoms with Crippen LogP contribution >= 0.6 is 11.3 Å². The van der Waals surface area contributed by atoms with Crippen molar-refractivity contribution in [3.8, 4) is 0 Å². The average molecular weight is 274 g/mol. The Balaban J connectivity index is 0.000000188. The van der Waals surface area contributed by atoms with Crippen molar-refractivity contribution in [2.45, 2.75) is 6.54 Å². The SMILES string of the molecule is C1=Cc2sc3ccccc3[n+]2C1.[O-][Cl+3]([O-])([O-])[O-]. The van der Waals surface area contributed by atoms with Crippen LogP contribution < -0.4 is 23.2 Å². The summed E-state index contributed by atoms with van der Waals surface area (Å²) < 4.78 is 37.7. The predicted octanol–water partition coefficient (Wildman–Crippen LogP) is -2.54. The van der Waals surface area contributed by atoms with E-state index in [1.165, 1.54) is 15.2 Å². The number of thiazole rings is 1. The standard InChI is InChI=1S/C10H8NS.ClHO4/c1-2-5-9-8(4-1)11-7-3-6-10(11)12-9;2-1(3,4)5/h1-6H,7H2;(H,2,3,4,5)/q+1;/p-1. The van der Waals surface area contributed by atoms with E-state index in [0.717, 1.165) is 6.54 Å². The van der Waals surface area contributed by atoms with Crippen molar-refractivity contribution in [2.75, 3.05) is 0 Å². The molecule has 0 N–H and O–H groups in total. The lowest BCUT2D eigenvalue weighted by Crippen LogP contribution is -2.68. The van der Waals surface area contributed by atoms with Crippen molar-refractivity contribution in [2.24, 2.45) is 0 Å². The molecule has 2 heterocycles. The minimum absolute atomic E-state index is 1.04. The van der Waals surface area contributed by atoms with Crippen LogP contribution in [0.3, 0.4) is 0 Å². The maximum Gasteiger partial charge on any atom is 0.262 e. The number of hydrogen-bond acceptors (Lipinski definition) is 5. The summed E-state index contributed by atoms with van der Waals surface area (Å²) in [6, 6.07) is 8.56. The number of fused-ring (bicyclic) bond motifs is 3. The van der Waals surface area contributed by atoms with Gasteiger partial charge in [-0.15, -0.1) is 10.2 Å². The normalized spacial score (nSPS) is 13.4. The first-order valence-electron chi connectivity index (χ1n) is 4.65. The van der Waals surface area contributed by atoms with Crippen LogP contribution in [-0.2, 0) is 6.54 Å². The number of rotatable bonds is 0. The number of nitrogens with zero attached hydrogens (tertiary/aromatic N) is 1. The molecule has 0 fully saturated rings. The molecule has 0 radical (unpaired) electrons. The van der Waals surface area contributed by atoms with E-state index < -0.39 is 10.2 Å². The Bertz CT molecular complexity index is 555. The number of aromatic nitrogens is 1. The van der Waals surface area contributed by atoms with Gasteiger partial charge >= 0.3 is 0 Å². The van der Waals surface area contributed by atoms with Gasteiger partial charge in [0.15, 0.2) is 6.54 Å². The molecule has 0 atom stereocenters. The summed E-state index contributed by atoms with van der Waals surface area (Å²) in [5.41, 5.74) is 1.36. The zero-order chi connectivity index (χ0) is 12.5. The van der Waals surface area contributed by atoms with Gasteiger partial charge in [-0.1, -0.05) is 23.5 Å². The topological polar surface area (TPSA) is 96.1 Å². The van der Waals surface area contributed by atoms with Gasteiger partial charge in [-0.25, -0.2) is 18.6 Å². The van der Waals surface area contributed by atoms with Crippen LogP contribution in [0.1, 0.15) is 5.01 Å². The van der Waals surface area contributed by atoms with Crippen molar-refractivity contribution in [1.82, 2.24) is 0 Å². The lowest BCUT2D eigenvalue weighted by Gasteiger charge is -2.17. The Morgan fingerprint density at radius 3 is 2.47 bits per heavy atom. The van der Waals surface area contributed by atoms with Crippen molar-refractivity contribution in [1.29, 1.82) is 0 Å². The molecular formula is C10H8ClNO4S. The molecule has 90 valence electrons. The lowest BCUT2D eigenvalue weighted by atomic mass is 10.3. The van der Waals surface area contributed by atoms with Crippen LogP contribution in [0, 0.1) is 10.2 Å². The molecule has 5 nitrogen and oxygen atoms in total. The van der Waals surface area contributed by atoms with Gasteiger partial charge in [0.05, 0.1) is 0 Å². The molecule has 1 aromatic heterocycles. The van der Waals surface area contributed by atoms with Crippen molar-refractivity contribution in [3.63, 3.8) is 0 Å². The van der Waals surface area contributed by atoms with Crippen LogP contribution in [0.15, 0.2) is 30.3 Å². The highest BCUT2D eigenvalue weighted by Gasteiger charge is 2.20. The molecule has 0 saturated carbocycles. The summed E-state index contributed by atoms with van der Waals surface area (Å²) in [4.78, 5) is 0. The summed E-state index contributed by atoms with van der Waals surface area (Å²) in [5.74, 6) is 0. The van der Waals surface area contributed by atoms with Crippen molar-refractivity contribution >= 4 is 27.6 Å². The van der Waals surface area contributed by atoms with E-state index in [-0.39, 0.29) is 0 Å². The molecular weight excluding hydrogens is 266 g/mol. The molecule has 0 unspecified atom stereocenters. The third-order valence-corrected chi connectivity index (χ3v) is 3.32. The van der Waals surface area contributed by atoms with Crippen molar-refractivity contribution < 1.29 is 33.4 Å². The van der Waals surface area contributed by atoms with Crippen LogP contribution in [0.5, 0.6) is 0 Å². The second-order valence-corrected chi connectivity index (χ2v) is 5.12. The molecule has 7 heteroatoms. The second-order valence-electron chi connectivity index (χ2n) is 3.30. The summed E-state index contributed by atoms with van der Waals surface area (Å²) in [6.07, 6.45) is 4.41. The molecule has 3 rings (SSSR count). The van der Waals surface area contributed by atoms with Gasteiger partial charge in [-0.3, -0.25) is 0 Å². The highest BCUT2D eigenvalue weighted by molar-refractivity contribution is 7.18. The largest absolute Gasteiger partial charge is 0.262 e. The minimum Gasteiger partial charge on any atom is -0.222 e. The maximum atomic E-state index is 8.49. The first kappa shape index (κ1) is 12.4. The van der Waals surface area contributed by atoms with E-state index in [2.05, 4.69) is 41.0 Å². The maximum absolute atomic E-state index is 8.49. The van der Waals surface area contributed by atoms with E-state index in [1.54, 1.807) is 0 Å². The molecule has 0 spiro atoms. The second kappa shape index (κ2) is 4.69. The summed E-state index contributed by atoms with van der Waals surface area (Å²) >= 11 is 1.86. The Labute approximate surface area is 103 Å². The van der Waals surface area contributed by atoms with E-state index in [0.29, 0.717) is 0 Å². The summed E-state index contributed by atoms with van der Waals surface area (Å²) in [7, 11) is -4.94. The van der Waals surface area contributed by atoms with E-state index in [1.807, 2.05) is 11.3 Å². The first-order valence-corrected chi connectivity index (χ1v) is 6.70.